The molecular formula is C13H28N4O. The quantitative estimate of drug-likeness (QED) is 0.716. The SMILES string of the molecule is CCC(N)CC(=O)N1CCN(CCN(C)C)CC1. The van der Waals surface area contributed by atoms with Gasteiger partial charge in [0.05, 0.1) is 0 Å². The molecule has 2 N–H and O–H groups in total. The third kappa shape index (κ3) is 5.33. The van der Waals surface area contributed by atoms with Crippen molar-refractivity contribution in [3.63, 3.8) is 0 Å². The lowest BCUT2D eigenvalue weighted by Crippen LogP contribution is -2.50. The van der Waals surface area contributed by atoms with Gasteiger partial charge >= 0.3 is 0 Å². The Kier molecular flexibility index (Phi) is 6.60. The van der Waals surface area contributed by atoms with Crippen molar-refractivity contribution in [3.8, 4) is 0 Å². The van der Waals surface area contributed by atoms with Crippen molar-refractivity contribution in [2.45, 2.75) is 25.8 Å². The molecule has 0 spiro atoms. The van der Waals surface area contributed by atoms with Crippen molar-refractivity contribution < 1.29 is 4.79 Å². The molecule has 1 aliphatic heterocycles. The van der Waals surface area contributed by atoms with E-state index in [0.29, 0.717) is 6.42 Å². The van der Waals surface area contributed by atoms with Crippen LogP contribution in [0.4, 0.5) is 0 Å². The predicted octanol–water partition coefficient (Wildman–Crippen LogP) is -0.180. The molecule has 106 valence electrons. The second-order valence-electron chi connectivity index (χ2n) is 5.40. The monoisotopic (exact) mass is 256 g/mol. The summed E-state index contributed by atoms with van der Waals surface area (Å²) in [5, 5.41) is 0. The molecule has 0 bridgehead atoms. The normalized spacial score (nSPS) is 19.3. The number of carbonyl (C=O) groups is 1. The minimum absolute atomic E-state index is 0.0178. The minimum atomic E-state index is 0.0178. The molecule has 5 heteroatoms. The van der Waals surface area contributed by atoms with Gasteiger partial charge in [-0.2, -0.15) is 0 Å². The fraction of sp³-hybridized carbons (Fsp3) is 0.923. The average molecular weight is 256 g/mol. The van der Waals surface area contributed by atoms with E-state index in [-0.39, 0.29) is 11.9 Å². The number of nitrogens with two attached hydrogens (primary N) is 1. The van der Waals surface area contributed by atoms with Crippen LogP contribution in [0, 0.1) is 0 Å². The molecule has 18 heavy (non-hydrogen) atoms. The number of rotatable bonds is 6. The standard InChI is InChI=1S/C13H28N4O/c1-4-12(14)11-13(18)17-9-7-16(8-10-17)6-5-15(2)3/h12H,4-11,14H2,1-3H3. The van der Waals surface area contributed by atoms with E-state index in [1.807, 2.05) is 11.8 Å². The summed E-state index contributed by atoms with van der Waals surface area (Å²) in [6.07, 6.45) is 1.36. The van der Waals surface area contributed by atoms with Crippen LogP contribution < -0.4 is 5.73 Å². The maximum absolute atomic E-state index is 12.0. The number of likely N-dealkylation sites (N-methyl/N-ethyl adjacent to an activating group) is 1. The maximum Gasteiger partial charge on any atom is 0.224 e. The molecule has 1 rings (SSSR count). The van der Waals surface area contributed by atoms with Crippen LogP contribution >= 0.6 is 0 Å². The van der Waals surface area contributed by atoms with Crippen molar-refractivity contribution in [2.24, 2.45) is 5.73 Å². The molecular weight excluding hydrogens is 228 g/mol. The third-order valence-electron chi connectivity index (χ3n) is 3.55. The predicted molar refractivity (Wildman–Crippen MR) is 74.5 cm³/mol. The smallest absolute Gasteiger partial charge is 0.224 e. The molecule has 1 aliphatic rings. The highest BCUT2D eigenvalue weighted by atomic mass is 16.2. The summed E-state index contributed by atoms with van der Waals surface area (Å²) in [7, 11) is 4.18. The largest absolute Gasteiger partial charge is 0.340 e. The van der Waals surface area contributed by atoms with Gasteiger partial charge < -0.3 is 15.5 Å². The van der Waals surface area contributed by atoms with Gasteiger partial charge in [0.15, 0.2) is 0 Å². The van der Waals surface area contributed by atoms with E-state index in [9.17, 15) is 4.79 Å². The summed E-state index contributed by atoms with van der Waals surface area (Å²) in [6, 6.07) is 0.0178. The summed E-state index contributed by atoms with van der Waals surface area (Å²) in [6.45, 7) is 7.86. The molecule has 5 nitrogen and oxygen atoms in total. The minimum Gasteiger partial charge on any atom is -0.340 e. The van der Waals surface area contributed by atoms with E-state index in [4.69, 9.17) is 5.73 Å². The molecule has 0 radical (unpaired) electrons. The summed E-state index contributed by atoms with van der Waals surface area (Å²) < 4.78 is 0. The molecule has 1 atom stereocenters. The molecule has 0 aromatic rings. The second kappa shape index (κ2) is 7.71. The van der Waals surface area contributed by atoms with Crippen LogP contribution in [-0.2, 0) is 4.79 Å². The van der Waals surface area contributed by atoms with E-state index in [1.54, 1.807) is 0 Å². The van der Waals surface area contributed by atoms with E-state index in [0.717, 1.165) is 45.7 Å². The van der Waals surface area contributed by atoms with Crippen molar-refractivity contribution >= 4 is 5.91 Å². The highest BCUT2D eigenvalue weighted by Gasteiger charge is 2.21. The number of carbonyl (C=O) groups excluding carboxylic acids is 1. The fourth-order valence-corrected chi connectivity index (χ4v) is 2.06. The van der Waals surface area contributed by atoms with Gasteiger partial charge in [0.25, 0.3) is 0 Å². The summed E-state index contributed by atoms with van der Waals surface area (Å²) in [5.74, 6) is 0.219. The Morgan fingerprint density at radius 2 is 1.89 bits per heavy atom. The Bertz CT molecular complexity index is 249. The highest BCUT2D eigenvalue weighted by molar-refractivity contribution is 5.76. The van der Waals surface area contributed by atoms with E-state index >= 15 is 0 Å². The van der Waals surface area contributed by atoms with Crippen LogP contribution in [-0.4, -0.2) is 80.0 Å². The molecule has 1 saturated heterocycles. The number of amides is 1. The van der Waals surface area contributed by atoms with Crippen LogP contribution in [0.1, 0.15) is 19.8 Å². The van der Waals surface area contributed by atoms with Crippen molar-refractivity contribution in [2.75, 3.05) is 53.4 Å². The lowest BCUT2D eigenvalue weighted by molar-refractivity contribution is -0.133. The molecule has 0 aromatic heterocycles. The topological polar surface area (TPSA) is 52.8 Å². The number of piperazine rings is 1. The molecule has 1 amide bonds. The van der Waals surface area contributed by atoms with Gasteiger partial charge in [-0.3, -0.25) is 9.69 Å². The zero-order valence-corrected chi connectivity index (χ0v) is 12.1. The van der Waals surface area contributed by atoms with Gasteiger partial charge in [-0.25, -0.2) is 0 Å². The molecule has 0 aromatic carbocycles. The zero-order chi connectivity index (χ0) is 13.5. The number of nitrogens with zero attached hydrogens (tertiary/aromatic N) is 3. The van der Waals surface area contributed by atoms with Gasteiger partial charge in [-0.15, -0.1) is 0 Å². The Hall–Kier alpha value is -0.650. The molecule has 1 fully saturated rings. The Morgan fingerprint density at radius 1 is 1.28 bits per heavy atom. The summed E-state index contributed by atoms with van der Waals surface area (Å²) in [4.78, 5) is 18.5. The fourth-order valence-electron chi connectivity index (χ4n) is 2.06. The Balaban J connectivity index is 2.24. The van der Waals surface area contributed by atoms with Gasteiger partial charge in [0, 0.05) is 51.7 Å². The molecule has 1 unspecified atom stereocenters. The Morgan fingerprint density at radius 3 is 2.39 bits per heavy atom. The van der Waals surface area contributed by atoms with Gasteiger partial charge in [0.2, 0.25) is 5.91 Å². The lowest BCUT2D eigenvalue weighted by Gasteiger charge is -2.35. The average Bonchev–Trinajstić information content (AvgIpc) is 2.36. The molecule has 0 saturated carbocycles. The van der Waals surface area contributed by atoms with Crippen LogP contribution in [0.3, 0.4) is 0 Å². The maximum atomic E-state index is 12.0. The van der Waals surface area contributed by atoms with Gasteiger partial charge in [0.1, 0.15) is 0 Å². The van der Waals surface area contributed by atoms with Crippen LogP contribution in [0.2, 0.25) is 0 Å². The van der Waals surface area contributed by atoms with E-state index in [2.05, 4.69) is 23.9 Å². The van der Waals surface area contributed by atoms with Crippen molar-refractivity contribution in [3.05, 3.63) is 0 Å². The molecule has 1 heterocycles. The summed E-state index contributed by atoms with van der Waals surface area (Å²) in [5.41, 5.74) is 5.83. The number of hydrogen-bond acceptors (Lipinski definition) is 4. The molecule has 0 aliphatic carbocycles. The van der Waals surface area contributed by atoms with Gasteiger partial charge in [-0.05, 0) is 20.5 Å². The van der Waals surface area contributed by atoms with Crippen molar-refractivity contribution in [1.82, 2.24) is 14.7 Å². The summed E-state index contributed by atoms with van der Waals surface area (Å²) >= 11 is 0. The van der Waals surface area contributed by atoms with Crippen molar-refractivity contribution in [1.29, 1.82) is 0 Å². The first-order valence-electron chi connectivity index (χ1n) is 6.93. The lowest BCUT2D eigenvalue weighted by atomic mass is 10.1. The first kappa shape index (κ1) is 15.4. The zero-order valence-electron chi connectivity index (χ0n) is 12.1. The second-order valence-corrected chi connectivity index (χ2v) is 5.40. The van der Waals surface area contributed by atoms with Crippen LogP contribution in [0.5, 0.6) is 0 Å². The highest BCUT2D eigenvalue weighted by Crippen LogP contribution is 2.05. The van der Waals surface area contributed by atoms with Crippen LogP contribution in [0.25, 0.3) is 0 Å². The third-order valence-corrected chi connectivity index (χ3v) is 3.55. The first-order chi connectivity index (χ1) is 8.52. The van der Waals surface area contributed by atoms with Gasteiger partial charge in [-0.1, -0.05) is 6.92 Å². The van der Waals surface area contributed by atoms with E-state index < -0.39 is 0 Å². The Labute approximate surface area is 111 Å². The van der Waals surface area contributed by atoms with E-state index in [1.165, 1.54) is 0 Å². The first-order valence-corrected chi connectivity index (χ1v) is 6.93. The number of hydrogen-bond donors (Lipinski definition) is 1. The van der Waals surface area contributed by atoms with Crippen LogP contribution in [0.15, 0.2) is 0 Å².